The van der Waals surface area contributed by atoms with Gasteiger partial charge >= 0.3 is 0 Å². The zero-order chi connectivity index (χ0) is 12.3. The topological polar surface area (TPSA) is 29.5 Å². The number of ether oxygens (including phenoxy) is 1. The van der Waals surface area contributed by atoms with Gasteiger partial charge in [0.1, 0.15) is 5.75 Å². The maximum atomic E-state index is 8.91. The lowest BCUT2D eigenvalue weighted by atomic mass is 10.1. The molecule has 0 bridgehead atoms. The first-order chi connectivity index (χ1) is 8.20. The molecule has 1 aromatic carbocycles. The Labute approximate surface area is 108 Å². The third-order valence-corrected chi connectivity index (χ3v) is 3.31. The Hall–Kier alpha value is -0.730. The van der Waals surface area contributed by atoms with Crippen molar-refractivity contribution in [3.05, 3.63) is 28.3 Å². The van der Waals surface area contributed by atoms with Gasteiger partial charge < -0.3 is 9.84 Å². The van der Waals surface area contributed by atoms with Crippen molar-refractivity contribution in [1.82, 2.24) is 0 Å². The minimum absolute atomic E-state index is 0.202. The van der Waals surface area contributed by atoms with Crippen LogP contribution in [0.25, 0.3) is 0 Å². The molecule has 1 saturated carbocycles. The molecule has 0 radical (unpaired) electrons. The van der Waals surface area contributed by atoms with Gasteiger partial charge in [-0.3, -0.25) is 0 Å². The molecular weight excluding hydrogens is 236 g/mol. The quantitative estimate of drug-likeness (QED) is 0.844. The van der Waals surface area contributed by atoms with Crippen molar-refractivity contribution >= 4 is 11.6 Å². The van der Waals surface area contributed by atoms with Crippen LogP contribution < -0.4 is 4.74 Å². The fourth-order valence-corrected chi connectivity index (χ4v) is 2.25. The molecule has 0 aliphatic heterocycles. The zero-order valence-corrected chi connectivity index (χ0v) is 11.0. The highest BCUT2D eigenvalue weighted by atomic mass is 35.5. The normalized spacial score (nSPS) is 15.0. The Bertz CT molecular complexity index is 386. The van der Waals surface area contributed by atoms with Crippen molar-refractivity contribution in [2.75, 3.05) is 13.2 Å². The van der Waals surface area contributed by atoms with Crippen LogP contribution in [0.15, 0.2) is 12.1 Å². The van der Waals surface area contributed by atoms with Crippen LogP contribution in [0.2, 0.25) is 5.02 Å². The maximum absolute atomic E-state index is 8.91. The molecule has 0 saturated heterocycles. The molecule has 0 unspecified atom stereocenters. The maximum Gasteiger partial charge on any atom is 0.141 e. The summed E-state index contributed by atoms with van der Waals surface area (Å²) >= 11 is 6.23. The van der Waals surface area contributed by atoms with Gasteiger partial charge in [-0.25, -0.2) is 0 Å². The summed E-state index contributed by atoms with van der Waals surface area (Å²) in [5.74, 6) is 1.54. The first-order valence-corrected chi connectivity index (χ1v) is 6.61. The number of aryl methyl sites for hydroxylation is 2. The van der Waals surface area contributed by atoms with Crippen LogP contribution >= 0.6 is 11.6 Å². The standard InChI is InChI=1S/C14H19ClO2/c1-10-7-12(3-2-6-16)14(13(15)8-10)17-9-11-4-5-11/h7-8,11,16H,2-6,9H2,1H3. The van der Waals surface area contributed by atoms with Crippen LogP contribution in [0.4, 0.5) is 0 Å². The number of hydrogen-bond donors (Lipinski definition) is 1. The zero-order valence-electron chi connectivity index (χ0n) is 10.2. The van der Waals surface area contributed by atoms with Crippen molar-refractivity contribution in [2.45, 2.75) is 32.6 Å². The number of hydrogen-bond acceptors (Lipinski definition) is 2. The van der Waals surface area contributed by atoms with Crippen LogP contribution in [0, 0.1) is 12.8 Å². The molecule has 1 aliphatic carbocycles. The molecule has 0 spiro atoms. The van der Waals surface area contributed by atoms with E-state index in [1.54, 1.807) is 0 Å². The average molecular weight is 255 g/mol. The molecule has 2 nitrogen and oxygen atoms in total. The van der Waals surface area contributed by atoms with Gasteiger partial charge in [0.05, 0.1) is 11.6 Å². The first kappa shape index (κ1) is 12.7. The summed E-state index contributed by atoms with van der Waals surface area (Å²) in [7, 11) is 0. The fourth-order valence-electron chi connectivity index (χ4n) is 1.90. The smallest absolute Gasteiger partial charge is 0.141 e. The van der Waals surface area contributed by atoms with Gasteiger partial charge in [0.25, 0.3) is 0 Å². The molecule has 1 fully saturated rings. The van der Waals surface area contributed by atoms with Gasteiger partial charge in [-0.1, -0.05) is 17.7 Å². The van der Waals surface area contributed by atoms with Crippen LogP contribution in [0.3, 0.4) is 0 Å². The number of halogens is 1. The van der Waals surface area contributed by atoms with E-state index in [1.165, 1.54) is 12.8 Å². The van der Waals surface area contributed by atoms with Gasteiger partial charge in [0, 0.05) is 6.61 Å². The predicted octanol–water partition coefficient (Wildman–Crippen LogP) is 3.36. The van der Waals surface area contributed by atoms with E-state index in [1.807, 2.05) is 13.0 Å². The van der Waals surface area contributed by atoms with E-state index in [2.05, 4.69) is 6.07 Å². The van der Waals surface area contributed by atoms with Gasteiger partial charge in [0.2, 0.25) is 0 Å². The van der Waals surface area contributed by atoms with E-state index in [0.717, 1.165) is 42.2 Å². The van der Waals surface area contributed by atoms with Crippen LogP contribution in [0.1, 0.15) is 30.4 Å². The molecular formula is C14H19ClO2. The first-order valence-electron chi connectivity index (χ1n) is 6.23. The lowest BCUT2D eigenvalue weighted by molar-refractivity contribution is 0.282. The minimum atomic E-state index is 0.202. The summed E-state index contributed by atoms with van der Waals surface area (Å²) in [4.78, 5) is 0. The summed E-state index contributed by atoms with van der Waals surface area (Å²) in [5.41, 5.74) is 2.26. The Morgan fingerprint density at radius 2 is 2.18 bits per heavy atom. The number of rotatable bonds is 6. The predicted molar refractivity (Wildman–Crippen MR) is 69.8 cm³/mol. The second-order valence-electron chi connectivity index (χ2n) is 4.82. The van der Waals surface area contributed by atoms with Crippen LogP contribution in [-0.2, 0) is 6.42 Å². The lowest BCUT2D eigenvalue weighted by Crippen LogP contribution is -2.03. The summed E-state index contributed by atoms with van der Waals surface area (Å²) in [6.45, 7) is 3.00. The summed E-state index contributed by atoms with van der Waals surface area (Å²) in [6.07, 6.45) is 4.11. The van der Waals surface area contributed by atoms with Gasteiger partial charge in [-0.05, 0) is 55.7 Å². The fraction of sp³-hybridized carbons (Fsp3) is 0.571. The Kier molecular flexibility index (Phi) is 4.30. The molecule has 0 aromatic heterocycles. The van der Waals surface area contributed by atoms with E-state index in [-0.39, 0.29) is 6.61 Å². The number of aliphatic hydroxyl groups excluding tert-OH is 1. The molecule has 1 aromatic rings. The highest BCUT2D eigenvalue weighted by Gasteiger charge is 2.23. The van der Waals surface area contributed by atoms with Crippen molar-refractivity contribution in [2.24, 2.45) is 5.92 Å². The van der Waals surface area contributed by atoms with Crippen molar-refractivity contribution < 1.29 is 9.84 Å². The molecule has 0 heterocycles. The molecule has 1 N–H and O–H groups in total. The van der Waals surface area contributed by atoms with Crippen LogP contribution in [0.5, 0.6) is 5.75 Å². The summed E-state index contributed by atoms with van der Waals surface area (Å²) in [6, 6.07) is 4.04. The molecule has 1 aliphatic rings. The molecule has 17 heavy (non-hydrogen) atoms. The Morgan fingerprint density at radius 3 is 2.82 bits per heavy atom. The minimum Gasteiger partial charge on any atom is -0.491 e. The van der Waals surface area contributed by atoms with E-state index >= 15 is 0 Å². The second-order valence-corrected chi connectivity index (χ2v) is 5.22. The third-order valence-electron chi connectivity index (χ3n) is 3.03. The van der Waals surface area contributed by atoms with Crippen molar-refractivity contribution in [3.8, 4) is 5.75 Å². The second kappa shape index (κ2) is 5.74. The van der Waals surface area contributed by atoms with Crippen LogP contribution in [-0.4, -0.2) is 18.3 Å². The number of benzene rings is 1. The van der Waals surface area contributed by atoms with Crippen molar-refractivity contribution in [3.63, 3.8) is 0 Å². The van der Waals surface area contributed by atoms with Gasteiger partial charge in [-0.2, -0.15) is 0 Å². The summed E-state index contributed by atoms with van der Waals surface area (Å²) in [5, 5.41) is 9.60. The van der Waals surface area contributed by atoms with E-state index in [9.17, 15) is 0 Å². The van der Waals surface area contributed by atoms with E-state index in [4.69, 9.17) is 21.4 Å². The Morgan fingerprint density at radius 1 is 1.41 bits per heavy atom. The lowest BCUT2D eigenvalue weighted by Gasteiger charge is -2.14. The van der Waals surface area contributed by atoms with Gasteiger partial charge in [0.15, 0.2) is 0 Å². The SMILES string of the molecule is Cc1cc(Cl)c(OCC2CC2)c(CCCO)c1. The molecule has 0 amide bonds. The Balaban J connectivity index is 2.12. The highest BCUT2D eigenvalue weighted by Crippen LogP contribution is 2.35. The average Bonchev–Trinajstić information content (AvgIpc) is 3.08. The molecule has 3 heteroatoms. The largest absolute Gasteiger partial charge is 0.491 e. The number of aliphatic hydroxyl groups is 1. The highest BCUT2D eigenvalue weighted by molar-refractivity contribution is 6.32. The molecule has 2 rings (SSSR count). The monoisotopic (exact) mass is 254 g/mol. The van der Waals surface area contributed by atoms with E-state index < -0.39 is 0 Å². The third kappa shape index (κ3) is 3.62. The van der Waals surface area contributed by atoms with E-state index in [0.29, 0.717) is 5.02 Å². The van der Waals surface area contributed by atoms with Gasteiger partial charge in [-0.15, -0.1) is 0 Å². The molecule has 94 valence electrons. The summed E-state index contributed by atoms with van der Waals surface area (Å²) < 4.78 is 5.83. The molecule has 0 atom stereocenters. The van der Waals surface area contributed by atoms with Crippen molar-refractivity contribution in [1.29, 1.82) is 0 Å².